The Labute approximate surface area is 129 Å². The van der Waals surface area contributed by atoms with Gasteiger partial charge in [0.1, 0.15) is 11.5 Å². The highest BCUT2D eigenvalue weighted by molar-refractivity contribution is 7.14. The van der Waals surface area contributed by atoms with Crippen LogP contribution in [0.15, 0.2) is 39.0 Å². The summed E-state index contributed by atoms with van der Waals surface area (Å²) >= 11 is 1.33. The van der Waals surface area contributed by atoms with Gasteiger partial charge in [-0.2, -0.15) is 0 Å². The van der Waals surface area contributed by atoms with Crippen molar-refractivity contribution < 1.29 is 9.21 Å². The molecule has 0 atom stereocenters. The lowest BCUT2D eigenvalue weighted by Gasteiger charge is -2.00. The molecule has 7 heteroatoms. The maximum atomic E-state index is 12.1. The van der Waals surface area contributed by atoms with Crippen LogP contribution in [0.4, 0.5) is 5.13 Å². The van der Waals surface area contributed by atoms with Gasteiger partial charge in [-0.05, 0) is 26.0 Å². The second-order valence-electron chi connectivity index (χ2n) is 4.76. The summed E-state index contributed by atoms with van der Waals surface area (Å²) in [6.07, 6.45) is 1.37. The quantitative estimate of drug-likeness (QED) is 0.778. The smallest absolute Gasteiger partial charge is 0.258 e. The second-order valence-corrected chi connectivity index (χ2v) is 5.62. The van der Waals surface area contributed by atoms with Gasteiger partial charge in [-0.3, -0.25) is 14.9 Å². The topological polar surface area (TPSA) is 88.0 Å². The Morgan fingerprint density at radius 2 is 2.18 bits per heavy atom. The summed E-state index contributed by atoms with van der Waals surface area (Å²) in [5, 5.41) is 5.06. The standard InChI is InChI=1S/C15H13N3O3S/c1-8-5-11(9(2)21-8)12-7-22-15(17-12)18-14(20)10-3-4-13(19)16-6-10/h3-7H,1-2H3,(H,16,19)(H,17,18,20). The predicted molar refractivity (Wildman–Crippen MR) is 84.3 cm³/mol. The van der Waals surface area contributed by atoms with Crippen molar-refractivity contribution in [3.8, 4) is 11.3 Å². The van der Waals surface area contributed by atoms with E-state index in [2.05, 4.69) is 15.3 Å². The van der Waals surface area contributed by atoms with Gasteiger partial charge in [-0.25, -0.2) is 4.98 Å². The monoisotopic (exact) mass is 315 g/mol. The number of nitrogens with one attached hydrogen (secondary N) is 2. The van der Waals surface area contributed by atoms with E-state index in [1.807, 2.05) is 25.3 Å². The molecule has 3 rings (SSSR count). The van der Waals surface area contributed by atoms with Crippen molar-refractivity contribution in [2.24, 2.45) is 0 Å². The number of hydrogen-bond acceptors (Lipinski definition) is 5. The molecule has 0 bridgehead atoms. The van der Waals surface area contributed by atoms with E-state index in [-0.39, 0.29) is 11.5 Å². The van der Waals surface area contributed by atoms with E-state index in [9.17, 15) is 9.59 Å². The normalized spacial score (nSPS) is 10.6. The zero-order chi connectivity index (χ0) is 15.7. The molecule has 0 radical (unpaired) electrons. The van der Waals surface area contributed by atoms with Crippen molar-refractivity contribution >= 4 is 22.4 Å². The minimum absolute atomic E-state index is 0.251. The summed E-state index contributed by atoms with van der Waals surface area (Å²) in [6.45, 7) is 3.75. The fourth-order valence-electron chi connectivity index (χ4n) is 2.06. The second kappa shape index (κ2) is 5.61. The highest BCUT2D eigenvalue weighted by Crippen LogP contribution is 2.29. The van der Waals surface area contributed by atoms with Gasteiger partial charge in [0.2, 0.25) is 5.56 Å². The molecular weight excluding hydrogens is 302 g/mol. The molecule has 0 fully saturated rings. The molecule has 112 valence electrons. The van der Waals surface area contributed by atoms with Crippen molar-refractivity contribution in [2.45, 2.75) is 13.8 Å². The molecule has 0 aromatic carbocycles. The zero-order valence-corrected chi connectivity index (χ0v) is 12.8. The van der Waals surface area contributed by atoms with Crippen molar-refractivity contribution in [3.63, 3.8) is 0 Å². The minimum Gasteiger partial charge on any atom is -0.466 e. The third-order valence-electron chi connectivity index (χ3n) is 3.09. The Morgan fingerprint density at radius 1 is 1.36 bits per heavy atom. The molecule has 0 aliphatic rings. The number of nitrogens with zero attached hydrogens (tertiary/aromatic N) is 1. The van der Waals surface area contributed by atoms with Gasteiger partial charge in [-0.1, -0.05) is 0 Å². The van der Waals surface area contributed by atoms with Crippen LogP contribution in [0.5, 0.6) is 0 Å². The Balaban J connectivity index is 1.79. The lowest BCUT2D eigenvalue weighted by atomic mass is 10.2. The molecular formula is C15H13N3O3S. The summed E-state index contributed by atoms with van der Waals surface area (Å²) in [5.41, 5.74) is 1.79. The first-order valence-electron chi connectivity index (χ1n) is 6.56. The van der Waals surface area contributed by atoms with Crippen LogP contribution in [-0.4, -0.2) is 15.9 Å². The Morgan fingerprint density at radius 3 is 2.82 bits per heavy atom. The summed E-state index contributed by atoms with van der Waals surface area (Å²) in [7, 11) is 0. The molecule has 3 aromatic rings. The van der Waals surface area contributed by atoms with Crippen LogP contribution in [0.3, 0.4) is 0 Å². The third kappa shape index (κ3) is 2.84. The fraction of sp³-hybridized carbons (Fsp3) is 0.133. The van der Waals surface area contributed by atoms with Gasteiger partial charge in [0.05, 0.1) is 11.3 Å². The first-order chi connectivity index (χ1) is 10.5. The number of H-pyrrole nitrogens is 1. The van der Waals surface area contributed by atoms with Crippen molar-refractivity contribution in [1.82, 2.24) is 9.97 Å². The number of pyridine rings is 1. The number of amides is 1. The molecule has 3 aromatic heterocycles. The number of carbonyl (C=O) groups is 1. The lowest BCUT2D eigenvalue weighted by Crippen LogP contribution is -2.14. The van der Waals surface area contributed by atoms with Crippen molar-refractivity contribution in [3.05, 3.63) is 57.2 Å². The van der Waals surface area contributed by atoms with E-state index in [0.29, 0.717) is 10.7 Å². The van der Waals surface area contributed by atoms with Gasteiger partial charge in [0, 0.05) is 23.2 Å². The minimum atomic E-state index is -0.322. The Bertz CT molecular complexity index is 871. The van der Waals surface area contributed by atoms with Crippen LogP contribution in [0.25, 0.3) is 11.3 Å². The average molecular weight is 315 g/mol. The first kappa shape index (κ1) is 14.3. The molecule has 0 aliphatic carbocycles. The number of aromatic amines is 1. The lowest BCUT2D eigenvalue weighted by molar-refractivity contribution is 0.102. The largest absolute Gasteiger partial charge is 0.466 e. The van der Waals surface area contributed by atoms with Crippen molar-refractivity contribution in [2.75, 3.05) is 5.32 Å². The number of aromatic nitrogens is 2. The molecule has 1 amide bonds. The summed E-state index contributed by atoms with van der Waals surface area (Å²) in [5.74, 6) is 1.29. The number of thiazole rings is 1. The summed E-state index contributed by atoms with van der Waals surface area (Å²) in [4.78, 5) is 29.9. The number of hydrogen-bond donors (Lipinski definition) is 2. The number of anilines is 1. The third-order valence-corrected chi connectivity index (χ3v) is 3.85. The van der Waals surface area contributed by atoms with Crippen molar-refractivity contribution in [1.29, 1.82) is 0 Å². The highest BCUT2D eigenvalue weighted by Gasteiger charge is 2.13. The zero-order valence-electron chi connectivity index (χ0n) is 12.0. The van der Waals surface area contributed by atoms with Gasteiger partial charge in [0.15, 0.2) is 5.13 Å². The van der Waals surface area contributed by atoms with Gasteiger partial charge >= 0.3 is 0 Å². The molecule has 0 unspecified atom stereocenters. The Hall–Kier alpha value is -2.67. The molecule has 0 saturated carbocycles. The van der Waals surface area contributed by atoms with Crippen LogP contribution in [-0.2, 0) is 0 Å². The SMILES string of the molecule is Cc1cc(-c2csc(NC(=O)c3ccc(=O)[nH]c3)n2)c(C)o1. The molecule has 0 spiro atoms. The molecule has 2 N–H and O–H groups in total. The van der Waals surface area contributed by atoms with Gasteiger partial charge < -0.3 is 9.40 Å². The van der Waals surface area contributed by atoms with Crippen LogP contribution in [0.1, 0.15) is 21.9 Å². The van der Waals surface area contributed by atoms with Crippen LogP contribution in [0.2, 0.25) is 0 Å². The number of furan rings is 1. The maximum Gasteiger partial charge on any atom is 0.258 e. The summed E-state index contributed by atoms with van der Waals surface area (Å²) < 4.78 is 5.48. The number of rotatable bonds is 3. The van der Waals surface area contributed by atoms with Crippen LogP contribution >= 0.6 is 11.3 Å². The van der Waals surface area contributed by atoms with Crippen LogP contribution in [0, 0.1) is 13.8 Å². The first-order valence-corrected chi connectivity index (χ1v) is 7.44. The molecule has 3 heterocycles. The highest BCUT2D eigenvalue weighted by atomic mass is 32.1. The molecule has 6 nitrogen and oxygen atoms in total. The average Bonchev–Trinajstić information content (AvgIpc) is 3.06. The van der Waals surface area contributed by atoms with Crippen LogP contribution < -0.4 is 10.9 Å². The van der Waals surface area contributed by atoms with Gasteiger partial charge in [0.25, 0.3) is 5.91 Å². The van der Waals surface area contributed by atoms with E-state index < -0.39 is 0 Å². The number of aryl methyl sites for hydroxylation is 2. The summed E-state index contributed by atoms with van der Waals surface area (Å²) in [6, 6.07) is 4.68. The maximum absolute atomic E-state index is 12.1. The van der Waals surface area contributed by atoms with E-state index in [0.717, 1.165) is 22.8 Å². The Kier molecular flexibility index (Phi) is 3.64. The van der Waals surface area contributed by atoms with E-state index >= 15 is 0 Å². The predicted octanol–water partition coefficient (Wildman–Crippen LogP) is 2.96. The molecule has 22 heavy (non-hydrogen) atoms. The number of carbonyl (C=O) groups excluding carboxylic acids is 1. The fourth-order valence-corrected chi connectivity index (χ4v) is 2.77. The van der Waals surface area contributed by atoms with Gasteiger partial charge in [-0.15, -0.1) is 11.3 Å². The van der Waals surface area contributed by atoms with E-state index in [1.54, 1.807) is 0 Å². The van der Waals surface area contributed by atoms with E-state index in [4.69, 9.17) is 4.42 Å². The molecule has 0 aliphatic heterocycles. The molecule has 0 saturated heterocycles. The van der Waals surface area contributed by atoms with E-state index in [1.165, 1.54) is 29.7 Å².